The van der Waals surface area contributed by atoms with Gasteiger partial charge in [-0.2, -0.15) is 11.8 Å². The Labute approximate surface area is 104 Å². The minimum absolute atomic E-state index is 0.416. The van der Waals surface area contributed by atoms with Crippen molar-refractivity contribution in [1.82, 2.24) is 5.32 Å². The van der Waals surface area contributed by atoms with Crippen molar-refractivity contribution >= 4 is 29.1 Å². The molecule has 0 atom stereocenters. The third kappa shape index (κ3) is 5.01. The van der Waals surface area contributed by atoms with Gasteiger partial charge in [-0.25, -0.2) is 4.79 Å². The Morgan fingerprint density at radius 1 is 1.50 bits per heavy atom. The molecule has 0 aliphatic heterocycles. The lowest BCUT2D eigenvalue weighted by atomic mass is 10.3. The largest absolute Gasteiger partial charge is 0.477 e. The van der Waals surface area contributed by atoms with Gasteiger partial charge in [-0.3, -0.25) is 0 Å². The second-order valence-corrected chi connectivity index (χ2v) is 5.60. The van der Waals surface area contributed by atoms with Crippen molar-refractivity contribution in [2.24, 2.45) is 0 Å². The first-order chi connectivity index (χ1) is 7.74. The van der Waals surface area contributed by atoms with E-state index in [4.69, 9.17) is 5.11 Å². The predicted molar refractivity (Wildman–Crippen MR) is 70.6 cm³/mol. The average Bonchev–Trinajstić information content (AvgIpc) is 2.72. The van der Waals surface area contributed by atoms with E-state index in [-0.39, 0.29) is 0 Å². The van der Waals surface area contributed by atoms with Crippen LogP contribution in [-0.2, 0) is 6.54 Å². The number of carbonyl (C=O) groups is 1. The Kier molecular flexibility index (Phi) is 6.52. The average molecular weight is 259 g/mol. The van der Waals surface area contributed by atoms with Crippen molar-refractivity contribution in [2.75, 3.05) is 18.6 Å². The Morgan fingerprint density at radius 3 is 2.94 bits per heavy atom. The van der Waals surface area contributed by atoms with Gasteiger partial charge in [0.15, 0.2) is 0 Å². The summed E-state index contributed by atoms with van der Waals surface area (Å²) in [4.78, 5) is 12.2. The third-order valence-electron chi connectivity index (χ3n) is 2.12. The number of hydrogen-bond acceptors (Lipinski definition) is 4. The molecule has 3 nitrogen and oxygen atoms in total. The topological polar surface area (TPSA) is 49.3 Å². The molecule has 1 aromatic rings. The fourth-order valence-corrected chi connectivity index (χ4v) is 2.60. The number of rotatable bonds is 8. The van der Waals surface area contributed by atoms with Crippen molar-refractivity contribution in [3.8, 4) is 0 Å². The highest BCUT2D eigenvalue weighted by molar-refractivity contribution is 7.98. The lowest BCUT2D eigenvalue weighted by Crippen LogP contribution is -2.13. The molecule has 0 bridgehead atoms. The Balaban J connectivity index is 2.14. The molecule has 0 aliphatic rings. The van der Waals surface area contributed by atoms with Crippen LogP contribution in [0.1, 0.15) is 27.4 Å². The van der Waals surface area contributed by atoms with Crippen LogP contribution < -0.4 is 5.32 Å². The monoisotopic (exact) mass is 259 g/mol. The van der Waals surface area contributed by atoms with Crippen LogP contribution in [0.25, 0.3) is 0 Å². The number of thioether (sulfide) groups is 1. The lowest BCUT2D eigenvalue weighted by Gasteiger charge is -2.01. The van der Waals surface area contributed by atoms with Gasteiger partial charge in [-0.15, -0.1) is 11.3 Å². The maximum Gasteiger partial charge on any atom is 0.345 e. The molecule has 0 saturated heterocycles. The molecule has 0 amide bonds. The number of carboxylic acids is 1. The van der Waals surface area contributed by atoms with Crippen molar-refractivity contribution in [1.29, 1.82) is 0 Å². The van der Waals surface area contributed by atoms with Gasteiger partial charge in [0.2, 0.25) is 0 Å². The second kappa shape index (κ2) is 7.70. The van der Waals surface area contributed by atoms with Gasteiger partial charge < -0.3 is 10.4 Å². The van der Waals surface area contributed by atoms with E-state index in [0.29, 0.717) is 4.88 Å². The molecule has 2 N–H and O–H groups in total. The van der Waals surface area contributed by atoms with Gasteiger partial charge in [-0.05, 0) is 43.5 Å². The summed E-state index contributed by atoms with van der Waals surface area (Å²) in [6, 6.07) is 3.54. The number of aromatic carboxylic acids is 1. The number of nitrogens with one attached hydrogen (secondary N) is 1. The third-order valence-corrected chi connectivity index (χ3v) is 3.89. The zero-order chi connectivity index (χ0) is 11.8. The molecule has 0 radical (unpaired) electrons. The summed E-state index contributed by atoms with van der Waals surface area (Å²) < 4.78 is 0. The number of unbranched alkanes of at least 4 members (excludes halogenated alkanes) is 1. The highest BCUT2D eigenvalue weighted by Gasteiger charge is 2.05. The van der Waals surface area contributed by atoms with Crippen molar-refractivity contribution in [3.05, 3.63) is 21.9 Å². The fraction of sp³-hybridized carbons (Fsp3) is 0.545. The highest BCUT2D eigenvalue weighted by atomic mass is 32.2. The SMILES string of the molecule is CSCCCCNCc1ccc(C(=O)O)s1. The van der Waals surface area contributed by atoms with Crippen LogP contribution >= 0.6 is 23.1 Å². The Bertz CT molecular complexity index is 326. The van der Waals surface area contributed by atoms with E-state index in [2.05, 4.69) is 11.6 Å². The molecule has 0 spiro atoms. The lowest BCUT2D eigenvalue weighted by molar-refractivity contribution is 0.0702. The zero-order valence-electron chi connectivity index (χ0n) is 9.36. The zero-order valence-corrected chi connectivity index (χ0v) is 11.0. The van der Waals surface area contributed by atoms with Gasteiger partial charge in [0.1, 0.15) is 4.88 Å². The minimum atomic E-state index is -0.837. The standard InChI is InChI=1S/C11H17NO2S2/c1-15-7-3-2-6-12-8-9-4-5-10(16-9)11(13)14/h4-5,12H,2-3,6-8H2,1H3,(H,13,14). The quantitative estimate of drug-likeness (QED) is 0.705. The number of hydrogen-bond donors (Lipinski definition) is 2. The van der Waals surface area contributed by atoms with E-state index in [0.717, 1.165) is 18.0 Å². The summed E-state index contributed by atoms with van der Waals surface area (Å²) in [6.07, 6.45) is 4.53. The van der Waals surface area contributed by atoms with Crippen LogP contribution in [0.4, 0.5) is 0 Å². The summed E-state index contributed by atoms with van der Waals surface area (Å²) >= 11 is 3.21. The molecule has 1 heterocycles. The van der Waals surface area contributed by atoms with E-state index < -0.39 is 5.97 Å². The summed E-state index contributed by atoms with van der Waals surface area (Å²) in [5.74, 6) is 0.375. The second-order valence-electron chi connectivity index (χ2n) is 3.45. The number of thiophene rings is 1. The van der Waals surface area contributed by atoms with Gasteiger partial charge in [0.05, 0.1) is 0 Å². The van der Waals surface area contributed by atoms with Gasteiger partial charge in [-0.1, -0.05) is 0 Å². The summed E-state index contributed by atoms with van der Waals surface area (Å²) in [7, 11) is 0. The van der Waals surface area contributed by atoms with E-state index in [1.54, 1.807) is 6.07 Å². The van der Waals surface area contributed by atoms with E-state index >= 15 is 0 Å². The molecule has 1 aromatic heterocycles. The molecule has 0 fully saturated rings. The van der Waals surface area contributed by atoms with Crippen LogP contribution in [0.3, 0.4) is 0 Å². The van der Waals surface area contributed by atoms with Gasteiger partial charge >= 0.3 is 5.97 Å². The van der Waals surface area contributed by atoms with Crippen LogP contribution in [0.2, 0.25) is 0 Å². The first-order valence-corrected chi connectivity index (χ1v) is 7.46. The normalized spacial score (nSPS) is 10.6. The van der Waals surface area contributed by atoms with Crippen molar-refractivity contribution < 1.29 is 9.90 Å². The Hall–Kier alpha value is -0.520. The molecule has 90 valence electrons. The van der Waals surface area contributed by atoms with Crippen LogP contribution in [-0.4, -0.2) is 29.6 Å². The Morgan fingerprint density at radius 2 is 2.31 bits per heavy atom. The molecule has 0 unspecified atom stereocenters. The van der Waals surface area contributed by atoms with Crippen molar-refractivity contribution in [2.45, 2.75) is 19.4 Å². The maximum absolute atomic E-state index is 10.7. The molecule has 0 aliphatic carbocycles. The molecule has 16 heavy (non-hydrogen) atoms. The molecule has 0 saturated carbocycles. The number of carboxylic acid groups (broad SMARTS) is 1. The molecular formula is C11H17NO2S2. The van der Waals surface area contributed by atoms with Gasteiger partial charge in [0.25, 0.3) is 0 Å². The first kappa shape index (κ1) is 13.5. The van der Waals surface area contributed by atoms with Gasteiger partial charge in [0, 0.05) is 11.4 Å². The van der Waals surface area contributed by atoms with E-state index in [1.807, 2.05) is 17.8 Å². The molecular weight excluding hydrogens is 242 g/mol. The highest BCUT2D eigenvalue weighted by Crippen LogP contribution is 2.15. The molecule has 1 rings (SSSR count). The van der Waals surface area contributed by atoms with E-state index in [1.165, 1.54) is 29.9 Å². The van der Waals surface area contributed by atoms with Crippen LogP contribution in [0, 0.1) is 0 Å². The molecule has 0 aromatic carbocycles. The minimum Gasteiger partial charge on any atom is -0.477 e. The predicted octanol–water partition coefficient (Wildman–Crippen LogP) is 2.68. The molecule has 5 heteroatoms. The van der Waals surface area contributed by atoms with Crippen molar-refractivity contribution in [3.63, 3.8) is 0 Å². The van der Waals surface area contributed by atoms with Crippen LogP contribution in [0.5, 0.6) is 0 Å². The summed E-state index contributed by atoms with van der Waals surface area (Å²) in [5.41, 5.74) is 0. The smallest absolute Gasteiger partial charge is 0.345 e. The summed E-state index contributed by atoms with van der Waals surface area (Å²) in [5, 5.41) is 12.1. The van der Waals surface area contributed by atoms with Crippen LogP contribution in [0.15, 0.2) is 12.1 Å². The summed E-state index contributed by atoms with van der Waals surface area (Å²) in [6.45, 7) is 1.78. The first-order valence-electron chi connectivity index (χ1n) is 5.25. The van der Waals surface area contributed by atoms with E-state index in [9.17, 15) is 4.79 Å². The maximum atomic E-state index is 10.7. The fourth-order valence-electron chi connectivity index (χ4n) is 1.30.